The van der Waals surface area contributed by atoms with Crippen molar-refractivity contribution >= 4 is 21.7 Å². The Morgan fingerprint density at radius 3 is 2.79 bits per heavy atom. The summed E-state index contributed by atoms with van der Waals surface area (Å²) in [6.45, 7) is 4.09. The molecule has 0 N–H and O–H groups in total. The van der Waals surface area contributed by atoms with E-state index in [-0.39, 0.29) is 11.4 Å². The van der Waals surface area contributed by atoms with Gasteiger partial charge in [0.1, 0.15) is 11.4 Å². The predicted octanol–water partition coefficient (Wildman–Crippen LogP) is 3.99. The van der Waals surface area contributed by atoms with Crippen LogP contribution < -0.4 is 4.74 Å². The molecule has 0 fully saturated rings. The first-order chi connectivity index (χ1) is 8.96. The van der Waals surface area contributed by atoms with Gasteiger partial charge < -0.3 is 9.15 Å². The molecule has 98 valence electrons. The topological polar surface area (TPSA) is 39.4 Å². The average molecular weight is 321 g/mol. The summed E-state index contributed by atoms with van der Waals surface area (Å²) in [5.74, 6) is 0.820. The normalized spacial score (nSPS) is 15.9. The molecule has 0 aliphatic carbocycles. The van der Waals surface area contributed by atoms with Crippen molar-refractivity contribution in [3.8, 4) is 5.75 Å². The third-order valence-corrected chi connectivity index (χ3v) is 3.80. The van der Waals surface area contributed by atoms with Gasteiger partial charge in [-0.1, -0.05) is 0 Å². The second-order valence-corrected chi connectivity index (χ2v) is 6.02. The van der Waals surface area contributed by atoms with Crippen LogP contribution in [0.25, 0.3) is 0 Å². The SMILES string of the molecule is CC1(C)Cc2cc(C(=O)c3ccoc3Br)ccc2O1. The van der Waals surface area contributed by atoms with Crippen LogP contribution >= 0.6 is 15.9 Å². The zero-order valence-corrected chi connectivity index (χ0v) is 12.3. The number of fused-ring (bicyclic) bond motifs is 1. The number of ether oxygens (including phenoxy) is 1. The number of carbonyl (C=O) groups is 1. The van der Waals surface area contributed by atoms with Crippen LogP contribution in [-0.4, -0.2) is 11.4 Å². The summed E-state index contributed by atoms with van der Waals surface area (Å²) in [5.41, 5.74) is 2.08. The van der Waals surface area contributed by atoms with Gasteiger partial charge in [-0.05, 0) is 59.6 Å². The molecule has 0 saturated heterocycles. The van der Waals surface area contributed by atoms with E-state index in [1.807, 2.05) is 26.0 Å². The average Bonchev–Trinajstić information content (AvgIpc) is 2.88. The second kappa shape index (κ2) is 4.23. The lowest BCUT2D eigenvalue weighted by atomic mass is 9.98. The van der Waals surface area contributed by atoms with Crippen LogP contribution in [0.5, 0.6) is 5.75 Å². The van der Waals surface area contributed by atoms with E-state index in [9.17, 15) is 4.79 Å². The molecular weight excluding hydrogens is 308 g/mol. The summed E-state index contributed by atoms with van der Waals surface area (Å²) >= 11 is 3.23. The van der Waals surface area contributed by atoms with E-state index in [1.165, 1.54) is 6.26 Å². The van der Waals surface area contributed by atoms with Gasteiger partial charge in [0.05, 0.1) is 11.8 Å². The fourth-order valence-corrected chi connectivity index (χ4v) is 2.78. The highest BCUT2D eigenvalue weighted by atomic mass is 79.9. The molecule has 0 spiro atoms. The summed E-state index contributed by atoms with van der Waals surface area (Å²) < 4.78 is 11.4. The van der Waals surface area contributed by atoms with Crippen LogP contribution in [0.3, 0.4) is 0 Å². The van der Waals surface area contributed by atoms with Crippen LogP contribution in [0.15, 0.2) is 39.6 Å². The maximum Gasteiger partial charge on any atom is 0.197 e. The molecule has 19 heavy (non-hydrogen) atoms. The Hall–Kier alpha value is -1.55. The summed E-state index contributed by atoms with van der Waals surface area (Å²) in [6, 6.07) is 7.24. The lowest BCUT2D eigenvalue weighted by Crippen LogP contribution is -2.24. The van der Waals surface area contributed by atoms with Gasteiger partial charge >= 0.3 is 0 Å². The Balaban J connectivity index is 1.97. The lowest BCUT2D eigenvalue weighted by Gasteiger charge is -2.16. The molecule has 4 heteroatoms. The molecule has 1 aromatic carbocycles. The first kappa shape index (κ1) is 12.5. The number of benzene rings is 1. The first-order valence-corrected chi connectivity index (χ1v) is 6.85. The molecule has 1 aliphatic rings. The Kier molecular flexibility index (Phi) is 2.78. The van der Waals surface area contributed by atoms with Crippen molar-refractivity contribution in [3.63, 3.8) is 0 Å². The van der Waals surface area contributed by atoms with Crippen molar-refractivity contribution in [2.24, 2.45) is 0 Å². The first-order valence-electron chi connectivity index (χ1n) is 6.06. The number of hydrogen-bond donors (Lipinski definition) is 0. The molecule has 0 unspecified atom stereocenters. The quantitative estimate of drug-likeness (QED) is 0.785. The van der Waals surface area contributed by atoms with E-state index in [2.05, 4.69) is 15.9 Å². The van der Waals surface area contributed by atoms with Crippen LogP contribution in [-0.2, 0) is 6.42 Å². The Morgan fingerprint density at radius 1 is 1.32 bits per heavy atom. The van der Waals surface area contributed by atoms with Gasteiger partial charge in [0.2, 0.25) is 0 Å². The van der Waals surface area contributed by atoms with E-state index < -0.39 is 0 Å². The highest BCUT2D eigenvalue weighted by molar-refractivity contribution is 9.10. The summed E-state index contributed by atoms with van der Waals surface area (Å²) in [6.07, 6.45) is 2.31. The number of halogens is 1. The third kappa shape index (κ3) is 2.21. The highest BCUT2D eigenvalue weighted by Crippen LogP contribution is 2.35. The zero-order valence-electron chi connectivity index (χ0n) is 10.7. The van der Waals surface area contributed by atoms with Gasteiger partial charge in [0.15, 0.2) is 10.5 Å². The van der Waals surface area contributed by atoms with Crippen molar-refractivity contribution in [3.05, 3.63) is 51.9 Å². The Bertz CT molecular complexity index is 655. The molecule has 0 atom stereocenters. The summed E-state index contributed by atoms with van der Waals surface area (Å²) in [7, 11) is 0. The molecule has 1 aromatic heterocycles. The minimum Gasteiger partial charge on any atom is -0.487 e. The van der Waals surface area contributed by atoms with Crippen molar-refractivity contribution in [1.82, 2.24) is 0 Å². The number of ketones is 1. The molecular formula is C15H13BrO3. The third-order valence-electron chi connectivity index (χ3n) is 3.19. The largest absolute Gasteiger partial charge is 0.487 e. The number of rotatable bonds is 2. The Labute approximate surface area is 119 Å². The second-order valence-electron chi connectivity index (χ2n) is 5.30. The van der Waals surface area contributed by atoms with E-state index in [1.54, 1.807) is 12.1 Å². The van der Waals surface area contributed by atoms with Crippen molar-refractivity contribution in [1.29, 1.82) is 0 Å². The molecule has 2 heterocycles. The van der Waals surface area contributed by atoms with E-state index >= 15 is 0 Å². The molecule has 0 radical (unpaired) electrons. The van der Waals surface area contributed by atoms with Crippen molar-refractivity contribution in [2.45, 2.75) is 25.9 Å². The van der Waals surface area contributed by atoms with Crippen LogP contribution in [0.4, 0.5) is 0 Å². The van der Waals surface area contributed by atoms with Crippen molar-refractivity contribution < 1.29 is 13.9 Å². The predicted molar refractivity (Wildman–Crippen MR) is 74.7 cm³/mol. The van der Waals surface area contributed by atoms with Crippen LogP contribution in [0.1, 0.15) is 35.3 Å². The van der Waals surface area contributed by atoms with Crippen molar-refractivity contribution in [2.75, 3.05) is 0 Å². The standard InChI is InChI=1S/C15H13BrO3/c1-15(2)8-10-7-9(3-4-12(10)19-15)13(17)11-5-6-18-14(11)16/h3-7H,8H2,1-2H3. The molecule has 0 amide bonds. The monoisotopic (exact) mass is 320 g/mol. The molecule has 0 saturated carbocycles. The summed E-state index contributed by atoms with van der Waals surface area (Å²) in [4.78, 5) is 12.4. The highest BCUT2D eigenvalue weighted by Gasteiger charge is 2.30. The Morgan fingerprint density at radius 2 is 2.11 bits per heavy atom. The minimum absolute atomic E-state index is 0.0480. The van der Waals surface area contributed by atoms with E-state index in [4.69, 9.17) is 9.15 Å². The fraction of sp³-hybridized carbons (Fsp3) is 0.267. The molecule has 0 bridgehead atoms. The van der Waals surface area contributed by atoms with Gasteiger partial charge in [-0.3, -0.25) is 4.79 Å². The molecule has 3 nitrogen and oxygen atoms in total. The lowest BCUT2D eigenvalue weighted by molar-refractivity contribution is 0.103. The van der Waals surface area contributed by atoms with Crippen LogP contribution in [0, 0.1) is 0 Å². The maximum absolute atomic E-state index is 12.4. The van der Waals surface area contributed by atoms with Gasteiger partial charge in [0.25, 0.3) is 0 Å². The molecule has 3 rings (SSSR count). The number of furan rings is 1. The number of carbonyl (C=O) groups excluding carboxylic acids is 1. The van der Waals surface area contributed by atoms with Gasteiger partial charge in [0, 0.05) is 12.0 Å². The minimum atomic E-state index is -0.194. The van der Waals surface area contributed by atoms with Gasteiger partial charge in [-0.25, -0.2) is 0 Å². The molecule has 1 aliphatic heterocycles. The summed E-state index contributed by atoms with van der Waals surface area (Å²) in [5, 5.41) is 0. The zero-order chi connectivity index (χ0) is 13.6. The molecule has 2 aromatic rings. The van der Waals surface area contributed by atoms with E-state index in [0.717, 1.165) is 17.7 Å². The smallest absolute Gasteiger partial charge is 0.197 e. The number of hydrogen-bond acceptors (Lipinski definition) is 3. The van der Waals surface area contributed by atoms with Gasteiger partial charge in [-0.2, -0.15) is 0 Å². The van der Waals surface area contributed by atoms with Crippen LogP contribution in [0.2, 0.25) is 0 Å². The van der Waals surface area contributed by atoms with Gasteiger partial charge in [-0.15, -0.1) is 0 Å². The fourth-order valence-electron chi connectivity index (χ4n) is 2.36. The maximum atomic E-state index is 12.4. The van der Waals surface area contributed by atoms with E-state index in [0.29, 0.717) is 15.8 Å².